The van der Waals surface area contributed by atoms with E-state index in [0.29, 0.717) is 10.8 Å². The molecule has 1 aliphatic rings. The molecule has 112 valence electrons. The quantitative estimate of drug-likeness (QED) is 0.610. The van der Waals surface area contributed by atoms with Crippen molar-refractivity contribution in [3.63, 3.8) is 0 Å². The van der Waals surface area contributed by atoms with Gasteiger partial charge in [0.15, 0.2) is 0 Å². The van der Waals surface area contributed by atoms with Gasteiger partial charge >= 0.3 is 0 Å². The molecule has 0 radical (unpaired) electrons. The summed E-state index contributed by atoms with van der Waals surface area (Å²) >= 11 is 0. The lowest BCUT2D eigenvalue weighted by Crippen LogP contribution is -2.39. The first-order chi connectivity index (χ1) is 9.62. The van der Waals surface area contributed by atoms with Gasteiger partial charge in [-0.2, -0.15) is 0 Å². The third-order valence-corrected chi connectivity index (χ3v) is 5.73. The second-order valence-corrected chi connectivity index (χ2v) is 6.92. The Morgan fingerprint density at radius 2 is 1.75 bits per heavy atom. The predicted molar refractivity (Wildman–Crippen MR) is 86.1 cm³/mol. The molecule has 1 nitrogen and oxygen atoms in total. The first-order valence-electron chi connectivity index (χ1n) is 8.17. The van der Waals surface area contributed by atoms with Crippen LogP contribution in [0.1, 0.15) is 64.4 Å². The summed E-state index contributed by atoms with van der Waals surface area (Å²) in [6, 6.07) is 11.2. The SMILES string of the molecule is COCCCCC(C)(c1ccccc1)C1(C)CCCC1. The van der Waals surface area contributed by atoms with Crippen molar-refractivity contribution in [2.24, 2.45) is 5.41 Å². The lowest BCUT2D eigenvalue weighted by atomic mass is 9.59. The lowest BCUT2D eigenvalue weighted by Gasteiger charge is -2.45. The van der Waals surface area contributed by atoms with Gasteiger partial charge in [0.25, 0.3) is 0 Å². The van der Waals surface area contributed by atoms with Crippen molar-refractivity contribution < 1.29 is 4.74 Å². The molecule has 0 amide bonds. The summed E-state index contributed by atoms with van der Waals surface area (Å²) < 4.78 is 5.21. The Morgan fingerprint density at radius 3 is 2.35 bits per heavy atom. The monoisotopic (exact) mass is 274 g/mol. The number of unbranched alkanes of at least 4 members (excludes halogenated alkanes) is 1. The Labute approximate surface area is 124 Å². The Kier molecular flexibility index (Phi) is 5.26. The molecule has 0 N–H and O–H groups in total. The van der Waals surface area contributed by atoms with Gasteiger partial charge in [0.05, 0.1) is 0 Å². The molecule has 20 heavy (non-hydrogen) atoms. The second-order valence-electron chi connectivity index (χ2n) is 6.92. The molecule has 1 unspecified atom stereocenters. The molecule has 0 aliphatic heterocycles. The standard InChI is InChI=1S/C19H30O/c1-18(13-7-8-14-18)19(2,15-9-10-16-20-3)17-11-5-4-6-12-17/h4-6,11-12H,7-10,13-16H2,1-3H3. The number of methoxy groups -OCH3 is 1. The van der Waals surface area contributed by atoms with Crippen molar-refractivity contribution in [1.82, 2.24) is 0 Å². The summed E-state index contributed by atoms with van der Waals surface area (Å²) in [5.41, 5.74) is 2.29. The van der Waals surface area contributed by atoms with Gasteiger partial charge < -0.3 is 4.74 Å². The van der Waals surface area contributed by atoms with Gasteiger partial charge in [0.2, 0.25) is 0 Å². The van der Waals surface area contributed by atoms with Gasteiger partial charge in [-0.3, -0.25) is 0 Å². The van der Waals surface area contributed by atoms with Crippen molar-refractivity contribution in [2.75, 3.05) is 13.7 Å². The van der Waals surface area contributed by atoms with Crippen molar-refractivity contribution in [3.05, 3.63) is 35.9 Å². The topological polar surface area (TPSA) is 9.23 Å². The van der Waals surface area contributed by atoms with Crippen LogP contribution in [0.15, 0.2) is 30.3 Å². The van der Waals surface area contributed by atoms with E-state index in [-0.39, 0.29) is 0 Å². The van der Waals surface area contributed by atoms with Gasteiger partial charge in [-0.1, -0.05) is 63.4 Å². The minimum absolute atomic E-state index is 0.304. The molecular formula is C19H30O. The van der Waals surface area contributed by atoms with Crippen LogP contribution in [0.5, 0.6) is 0 Å². The number of hydrogen-bond acceptors (Lipinski definition) is 1. The van der Waals surface area contributed by atoms with E-state index in [0.717, 1.165) is 6.61 Å². The average Bonchev–Trinajstić information content (AvgIpc) is 2.93. The molecule has 1 saturated carbocycles. The summed E-state index contributed by atoms with van der Waals surface area (Å²) in [7, 11) is 1.80. The number of ether oxygens (including phenoxy) is 1. The van der Waals surface area contributed by atoms with Gasteiger partial charge in [-0.15, -0.1) is 0 Å². The van der Waals surface area contributed by atoms with Crippen molar-refractivity contribution in [2.45, 2.75) is 64.2 Å². The van der Waals surface area contributed by atoms with E-state index in [1.54, 1.807) is 7.11 Å². The molecule has 1 atom stereocenters. The van der Waals surface area contributed by atoms with E-state index in [1.807, 2.05) is 0 Å². The molecule has 1 aromatic rings. The highest BCUT2D eigenvalue weighted by Crippen LogP contribution is 2.54. The van der Waals surface area contributed by atoms with Crippen LogP contribution in [0.25, 0.3) is 0 Å². The lowest BCUT2D eigenvalue weighted by molar-refractivity contribution is 0.135. The van der Waals surface area contributed by atoms with E-state index in [2.05, 4.69) is 44.2 Å². The Hall–Kier alpha value is -0.820. The normalized spacial score (nSPS) is 20.8. The molecule has 2 rings (SSSR count). The summed E-state index contributed by atoms with van der Waals surface area (Å²) in [6.45, 7) is 5.91. The van der Waals surface area contributed by atoms with E-state index >= 15 is 0 Å². The first kappa shape index (κ1) is 15.6. The maximum absolute atomic E-state index is 5.21. The third-order valence-electron chi connectivity index (χ3n) is 5.73. The maximum atomic E-state index is 5.21. The van der Waals surface area contributed by atoms with Crippen molar-refractivity contribution in [3.8, 4) is 0 Å². The minimum Gasteiger partial charge on any atom is -0.385 e. The fraction of sp³-hybridized carbons (Fsp3) is 0.684. The maximum Gasteiger partial charge on any atom is 0.0462 e. The predicted octanol–water partition coefficient (Wildman–Crippen LogP) is 5.34. The molecule has 0 bridgehead atoms. The van der Waals surface area contributed by atoms with Crippen LogP contribution in [-0.4, -0.2) is 13.7 Å². The highest BCUT2D eigenvalue weighted by Gasteiger charge is 2.46. The second kappa shape index (κ2) is 6.76. The molecule has 0 heterocycles. The first-order valence-corrected chi connectivity index (χ1v) is 8.17. The van der Waals surface area contributed by atoms with Crippen LogP contribution in [-0.2, 0) is 10.2 Å². The van der Waals surface area contributed by atoms with Gasteiger partial charge in [0, 0.05) is 13.7 Å². The smallest absolute Gasteiger partial charge is 0.0462 e. The number of hydrogen-bond donors (Lipinski definition) is 0. The molecular weight excluding hydrogens is 244 g/mol. The summed E-state index contributed by atoms with van der Waals surface area (Å²) in [4.78, 5) is 0. The molecule has 0 spiro atoms. The average molecular weight is 274 g/mol. The van der Waals surface area contributed by atoms with Gasteiger partial charge in [-0.05, 0) is 42.1 Å². The zero-order valence-electron chi connectivity index (χ0n) is 13.5. The molecule has 1 fully saturated rings. The fourth-order valence-corrected chi connectivity index (χ4v) is 4.03. The van der Waals surface area contributed by atoms with E-state index in [1.165, 1.54) is 50.5 Å². The van der Waals surface area contributed by atoms with Gasteiger partial charge in [0.1, 0.15) is 0 Å². The van der Waals surface area contributed by atoms with Crippen molar-refractivity contribution in [1.29, 1.82) is 0 Å². The van der Waals surface area contributed by atoms with Crippen LogP contribution in [0.4, 0.5) is 0 Å². The highest BCUT2D eigenvalue weighted by atomic mass is 16.5. The van der Waals surface area contributed by atoms with Crippen LogP contribution in [0, 0.1) is 5.41 Å². The van der Waals surface area contributed by atoms with E-state index < -0.39 is 0 Å². The van der Waals surface area contributed by atoms with Crippen LogP contribution in [0.3, 0.4) is 0 Å². The largest absolute Gasteiger partial charge is 0.385 e. The summed E-state index contributed by atoms with van der Waals surface area (Å²) in [5.74, 6) is 0. The fourth-order valence-electron chi connectivity index (χ4n) is 4.03. The molecule has 1 aliphatic carbocycles. The summed E-state index contributed by atoms with van der Waals surface area (Å²) in [6.07, 6.45) is 9.26. The highest BCUT2D eigenvalue weighted by molar-refractivity contribution is 5.28. The number of benzene rings is 1. The van der Waals surface area contributed by atoms with Crippen molar-refractivity contribution >= 4 is 0 Å². The molecule has 0 aromatic heterocycles. The third kappa shape index (κ3) is 3.09. The summed E-state index contributed by atoms with van der Waals surface area (Å²) in [5, 5.41) is 0. The van der Waals surface area contributed by atoms with E-state index in [9.17, 15) is 0 Å². The minimum atomic E-state index is 0.304. The zero-order valence-corrected chi connectivity index (χ0v) is 13.5. The van der Waals surface area contributed by atoms with Crippen LogP contribution >= 0.6 is 0 Å². The molecule has 0 saturated heterocycles. The molecule has 1 aromatic carbocycles. The van der Waals surface area contributed by atoms with E-state index in [4.69, 9.17) is 4.74 Å². The Morgan fingerprint density at radius 1 is 1.10 bits per heavy atom. The van der Waals surface area contributed by atoms with Gasteiger partial charge in [-0.25, -0.2) is 0 Å². The van der Waals surface area contributed by atoms with Crippen LogP contribution < -0.4 is 0 Å². The Balaban J connectivity index is 2.19. The zero-order chi connectivity index (χ0) is 14.5. The van der Waals surface area contributed by atoms with Crippen LogP contribution in [0.2, 0.25) is 0 Å². The Bertz CT molecular complexity index is 391. The number of rotatable bonds is 7. The molecule has 1 heteroatoms.